The van der Waals surface area contributed by atoms with E-state index in [9.17, 15) is 14.4 Å². The molecule has 0 saturated heterocycles. The highest BCUT2D eigenvalue weighted by molar-refractivity contribution is 6.51. The Kier molecular flexibility index (Phi) is 3.28. The van der Waals surface area contributed by atoms with Gasteiger partial charge in [-0.05, 0) is 24.7 Å². The summed E-state index contributed by atoms with van der Waals surface area (Å²) in [5.41, 5.74) is 0.712. The number of Topliss-reactive ketones (excluding diaryl/α,β-unsaturated/α-hetero) is 3. The van der Waals surface area contributed by atoms with Crippen LogP contribution in [0.5, 0.6) is 0 Å². The van der Waals surface area contributed by atoms with Crippen LogP contribution in [0.3, 0.4) is 0 Å². The quantitative estimate of drug-likeness (QED) is 0.582. The summed E-state index contributed by atoms with van der Waals surface area (Å²) in [5, 5.41) is 0. The third kappa shape index (κ3) is 2.01. The van der Waals surface area contributed by atoms with Gasteiger partial charge in [0.05, 0.1) is 5.92 Å². The second-order valence-corrected chi connectivity index (χ2v) is 6.10. The molecule has 0 N–H and O–H groups in total. The van der Waals surface area contributed by atoms with Crippen molar-refractivity contribution in [1.82, 2.24) is 0 Å². The minimum absolute atomic E-state index is 0.0449. The summed E-state index contributed by atoms with van der Waals surface area (Å²) in [7, 11) is 0. The SMILES string of the molecule is CC1CCC(C2C(=O)C(=O)c3ccccc3C2=O)CC1. The second-order valence-electron chi connectivity index (χ2n) is 6.10. The van der Waals surface area contributed by atoms with E-state index in [0.29, 0.717) is 11.5 Å². The zero-order chi connectivity index (χ0) is 14.3. The number of rotatable bonds is 1. The lowest BCUT2D eigenvalue weighted by Crippen LogP contribution is -2.42. The summed E-state index contributed by atoms with van der Waals surface area (Å²) >= 11 is 0. The van der Waals surface area contributed by atoms with E-state index in [-0.39, 0.29) is 17.3 Å². The molecule has 1 aromatic rings. The third-order valence-electron chi connectivity index (χ3n) is 4.76. The fourth-order valence-corrected chi connectivity index (χ4v) is 3.50. The lowest BCUT2D eigenvalue weighted by molar-refractivity contribution is -0.119. The molecule has 0 aromatic heterocycles. The molecule has 3 rings (SSSR count). The Bertz CT molecular complexity index is 580. The molecule has 1 atom stereocenters. The Morgan fingerprint density at radius 1 is 0.850 bits per heavy atom. The summed E-state index contributed by atoms with van der Waals surface area (Å²) in [6, 6.07) is 6.69. The molecule has 3 nitrogen and oxygen atoms in total. The van der Waals surface area contributed by atoms with E-state index in [2.05, 4.69) is 6.92 Å². The number of hydrogen-bond acceptors (Lipinski definition) is 3. The number of ketones is 3. The van der Waals surface area contributed by atoms with Gasteiger partial charge >= 0.3 is 0 Å². The molecule has 3 heteroatoms. The Hall–Kier alpha value is -1.77. The molecular formula is C17H18O3. The fourth-order valence-electron chi connectivity index (χ4n) is 3.50. The van der Waals surface area contributed by atoms with Crippen molar-refractivity contribution >= 4 is 17.3 Å². The van der Waals surface area contributed by atoms with E-state index < -0.39 is 17.5 Å². The smallest absolute Gasteiger partial charge is 0.230 e. The number of carbonyl (C=O) groups excluding carboxylic acids is 3. The Balaban J connectivity index is 1.95. The summed E-state index contributed by atoms with van der Waals surface area (Å²) in [5.74, 6) is -1.15. The van der Waals surface area contributed by atoms with Crippen LogP contribution in [0.15, 0.2) is 24.3 Å². The second kappa shape index (κ2) is 4.97. The van der Waals surface area contributed by atoms with Gasteiger partial charge in [-0.3, -0.25) is 14.4 Å². The normalized spacial score (nSPS) is 30.2. The van der Waals surface area contributed by atoms with Crippen LogP contribution in [0.4, 0.5) is 0 Å². The lowest BCUT2D eigenvalue weighted by Gasteiger charge is -2.32. The van der Waals surface area contributed by atoms with Crippen molar-refractivity contribution < 1.29 is 14.4 Å². The van der Waals surface area contributed by atoms with Gasteiger partial charge in [-0.2, -0.15) is 0 Å². The largest absolute Gasteiger partial charge is 0.293 e. The molecule has 0 spiro atoms. The van der Waals surface area contributed by atoms with Gasteiger partial charge in [0.15, 0.2) is 5.78 Å². The lowest BCUT2D eigenvalue weighted by atomic mass is 9.68. The van der Waals surface area contributed by atoms with Crippen LogP contribution < -0.4 is 0 Å². The van der Waals surface area contributed by atoms with Gasteiger partial charge in [0.2, 0.25) is 11.6 Å². The highest BCUT2D eigenvalue weighted by Gasteiger charge is 2.44. The molecule has 20 heavy (non-hydrogen) atoms. The maximum Gasteiger partial charge on any atom is 0.230 e. The molecule has 0 heterocycles. The van der Waals surface area contributed by atoms with Crippen LogP contribution in [-0.4, -0.2) is 17.3 Å². The van der Waals surface area contributed by atoms with Gasteiger partial charge in [0.1, 0.15) is 0 Å². The van der Waals surface area contributed by atoms with E-state index in [1.165, 1.54) is 0 Å². The highest BCUT2D eigenvalue weighted by atomic mass is 16.2. The number of carbonyl (C=O) groups is 3. The van der Waals surface area contributed by atoms with Crippen LogP contribution in [0.25, 0.3) is 0 Å². The third-order valence-corrected chi connectivity index (χ3v) is 4.76. The molecule has 1 unspecified atom stereocenters. The van der Waals surface area contributed by atoms with Crippen molar-refractivity contribution in [2.24, 2.45) is 17.8 Å². The predicted octanol–water partition coefficient (Wildman–Crippen LogP) is 3.08. The molecule has 2 aliphatic carbocycles. The maximum atomic E-state index is 12.6. The molecular weight excluding hydrogens is 252 g/mol. The zero-order valence-corrected chi connectivity index (χ0v) is 11.6. The average molecular weight is 270 g/mol. The minimum atomic E-state index is -0.732. The zero-order valence-electron chi connectivity index (χ0n) is 11.6. The highest BCUT2D eigenvalue weighted by Crippen LogP contribution is 2.37. The Labute approximate surface area is 118 Å². The van der Waals surface area contributed by atoms with Crippen molar-refractivity contribution in [2.75, 3.05) is 0 Å². The van der Waals surface area contributed by atoms with E-state index in [1.54, 1.807) is 24.3 Å². The number of benzene rings is 1. The molecule has 0 amide bonds. The molecule has 1 aromatic carbocycles. The molecule has 0 aliphatic heterocycles. The first kappa shape index (κ1) is 13.2. The monoisotopic (exact) mass is 270 g/mol. The predicted molar refractivity (Wildman–Crippen MR) is 74.7 cm³/mol. The van der Waals surface area contributed by atoms with Crippen LogP contribution >= 0.6 is 0 Å². The van der Waals surface area contributed by atoms with Gasteiger partial charge in [-0.15, -0.1) is 0 Å². The van der Waals surface area contributed by atoms with Gasteiger partial charge in [-0.1, -0.05) is 44.0 Å². The van der Waals surface area contributed by atoms with E-state index >= 15 is 0 Å². The summed E-state index contributed by atoms with van der Waals surface area (Å²) in [6.07, 6.45) is 3.83. The van der Waals surface area contributed by atoms with E-state index in [4.69, 9.17) is 0 Å². The Morgan fingerprint density at radius 2 is 1.45 bits per heavy atom. The van der Waals surface area contributed by atoms with Crippen LogP contribution in [0.2, 0.25) is 0 Å². The van der Waals surface area contributed by atoms with E-state index in [1.807, 2.05) is 0 Å². The van der Waals surface area contributed by atoms with Crippen LogP contribution in [-0.2, 0) is 4.79 Å². The number of hydrogen-bond donors (Lipinski definition) is 0. The maximum absolute atomic E-state index is 12.6. The van der Waals surface area contributed by atoms with Gasteiger partial charge in [0, 0.05) is 11.1 Å². The van der Waals surface area contributed by atoms with Crippen molar-refractivity contribution in [3.63, 3.8) is 0 Å². The van der Waals surface area contributed by atoms with Crippen LogP contribution in [0.1, 0.15) is 53.3 Å². The summed E-state index contributed by atoms with van der Waals surface area (Å²) in [6.45, 7) is 2.20. The average Bonchev–Trinajstić information content (AvgIpc) is 2.47. The molecule has 104 valence electrons. The van der Waals surface area contributed by atoms with Crippen molar-refractivity contribution in [1.29, 1.82) is 0 Å². The standard InChI is InChI=1S/C17H18O3/c1-10-6-8-11(9-7-10)14-15(18)12-4-2-3-5-13(12)16(19)17(14)20/h2-5,10-11,14H,6-9H2,1H3. The van der Waals surface area contributed by atoms with Crippen molar-refractivity contribution in [2.45, 2.75) is 32.6 Å². The Morgan fingerprint density at radius 3 is 2.10 bits per heavy atom. The topological polar surface area (TPSA) is 51.2 Å². The molecule has 0 radical (unpaired) electrons. The molecule has 1 fully saturated rings. The van der Waals surface area contributed by atoms with E-state index in [0.717, 1.165) is 25.7 Å². The molecule has 2 aliphatic rings. The van der Waals surface area contributed by atoms with Crippen LogP contribution in [0, 0.1) is 17.8 Å². The van der Waals surface area contributed by atoms with Gasteiger partial charge in [-0.25, -0.2) is 0 Å². The summed E-state index contributed by atoms with van der Waals surface area (Å²) in [4.78, 5) is 37.1. The van der Waals surface area contributed by atoms with Crippen molar-refractivity contribution in [3.05, 3.63) is 35.4 Å². The fraction of sp³-hybridized carbons (Fsp3) is 0.471. The number of fused-ring (bicyclic) bond motifs is 1. The van der Waals surface area contributed by atoms with Gasteiger partial charge < -0.3 is 0 Å². The first-order valence-electron chi connectivity index (χ1n) is 7.31. The van der Waals surface area contributed by atoms with Crippen molar-refractivity contribution in [3.8, 4) is 0 Å². The molecule has 1 saturated carbocycles. The minimum Gasteiger partial charge on any atom is -0.293 e. The summed E-state index contributed by atoms with van der Waals surface area (Å²) < 4.78 is 0. The molecule has 0 bridgehead atoms. The first-order chi connectivity index (χ1) is 9.59. The van der Waals surface area contributed by atoms with Gasteiger partial charge in [0.25, 0.3) is 0 Å². The first-order valence-corrected chi connectivity index (χ1v) is 7.31.